The number of nitrogens with two attached hydrogens (primary N) is 1. The Hall–Kier alpha value is -3.59. The molecule has 5 heterocycles. The molecule has 0 saturated carbocycles. The van der Waals surface area contributed by atoms with Gasteiger partial charge >= 0.3 is 0 Å². The van der Waals surface area contributed by atoms with E-state index in [4.69, 9.17) is 15.2 Å². The van der Waals surface area contributed by atoms with Gasteiger partial charge in [0.1, 0.15) is 12.3 Å². The van der Waals surface area contributed by atoms with Crippen molar-refractivity contribution in [3.63, 3.8) is 0 Å². The van der Waals surface area contributed by atoms with Crippen LogP contribution in [0.4, 0.5) is 5.69 Å². The first-order chi connectivity index (χ1) is 17.5. The van der Waals surface area contributed by atoms with Gasteiger partial charge in [0, 0.05) is 53.3 Å². The van der Waals surface area contributed by atoms with Gasteiger partial charge in [-0.1, -0.05) is 18.2 Å². The molecule has 3 aliphatic heterocycles. The molecule has 5 aromatic rings. The van der Waals surface area contributed by atoms with E-state index in [2.05, 4.69) is 57.0 Å². The fraction of sp³-hybridized carbons (Fsp3) is 0.321. The number of fused-ring (bicyclic) bond motifs is 13. The van der Waals surface area contributed by atoms with Crippen LogP contribution in [0.3, 0.4) is 0 Å². The highest BCUT2D eigenvalue weighted by Crippen LogP contribution is 2.53. The molecule has 2 aromatic heterocycles. The number of likely N-dealkylation sites (N-methyl/N-ethyl adjacent to an activating group) is 1. The summed E-state index contributed by atoms with van der Waals surface area (Å²) in [5.41, 5.74) is 12.2. The second kappa shape index (κ2) is 6.59. The van der Waals surface area contributed by atoms with Crippen LogP contribution in [0.15, 0.2) is 42.5 Å². The van der Waals surface area contributed by atoms with Crippen LogP contribution in [0.1, 0.15) is 35.5 Å². The molecule has 4 N–H and O–H groups in total. The molecular weight excluding hydrogens is 454 g/mol. The molecule has 1 fully saturated rings. The predicted molar refractivity (Wildman–Crippen MR) is 140 cm³/mol. The lowest BCUT2D eigenvalue weighted by Crippen LogP contribution is -2.59. The third kappa shape index (κ3) is 2.16. The Labute approximate surface area is 206 Å². The molecule has 182 valence electrons. The first-order valence-corrected chi connectivity index (χ1v) is 12.5. The van der Waals surface area contributed by atoms with E-state index in [0.717, 1.165) is 61.2 Å². The van der Waals surface area contributed by atoms with Crippen LogP contribution in [-0.4, -0.2) is 41.3 Å². The van der Waals surface area contributed by atoms with Crippen molar-refractivity contribution in [2.75, 3.05) is 19.9 Å². The van der Waals surface area contributed by atoms with Crippen molar-refractivity contribution in [1.29, 1.82) is 0 Å². The van der Waals surface area contributed by atoms with Crippen molar-refractivity contribution in [1.82, 2.24) is 19.8 Å². The van der Waals surface area contributed by atoms with E-state index >= 15 is 0 Å². The number of nitrogens with one attached hydrogen (secondary N) is 2. The molecule has 36 heavy (non-hydrogen) atoms. The molecule has 0 spiro atoms. The number of nitrogen functional groups attached to an aromatic ring is 1. The average Bonchev–Trinajstić information content (AvgIpc) is 3.51. The Kier molecular flexibility index (Phi) is 3.77. The second-order valence-corrected chi connectivity index (χ2v) is 10.4. The molecule has 1 unspecified atom stereocenters. The SMILES string of the molecule is CN[C@@H]1CC2O[C@@](C)([C@@H]1OC)n1c3ccccc3c3c4c(c5c6cc(N)ccc6n2c5c31)C(=O)NC4. The summed E-state index contributed by atoms with van der Waals surface area (Å²) in [6, 6.07) is 14.5. The van der Waals surface area contributed by atoms with Crippen molar-refractivity contribution < 1.29 is 14.3 Å². The molecule has 8 heteroatoms. The van der Waals surface area contributed by atoms with Gasteiger partial charge in [0.05, 0.1) is 27.6 Å². The number of ether oxygens (including phenoxy) is 2. The summed E-state index contributed by atoms with van der Waals surface area (Å²) >= 11 is 0. The van der Waals surface area contributed by atoms with Crippen LogP contribution in [0.25, 0.3) is 43.6 Å². The van der Waals surface area contributed by atoms with Crippen LogP contribution in [0, 0.1) is 0 Å². The van der Waals surface area contributed by atoms with Crippen molar-refractivity contribution in [3.05, 3.63) is 53.6 Å². The van der Waals surface area contributed by atoms with Crippen molar-refractivity contribution in [3.8, 4) is 0 Å². The number of hydrogen-bond acceptors (Lipinski definition) is 5. The minimum atomic E-state index is -0.789. The number of methoxy groups -OCH3 is 1. The van der Waals surface area contributed by atoms with Crippen LogP contribution < -0.4 is 16.4 Å². The Bertz CT molecular complexity index is 1800. The van der Waals surface area contributed by atoms with E-state index in [-0.39, 0.29) is 24.3 Å². The van der Waals surface area contributed by atoms with Crippen LogP contribution in [-0.2, 0) is 21.7 Å². The summed E-state index contributed by atoms with van der Waals surface area (Å²) in [5.74, 6) is -0.0348. The summed E-state index contributed by atoms with van der Waals surface area (Å²) in [6.45, 7) is 2.63. The third-order valence-corrected chi connectivity index (χ3v) is 8.71. The van der Waals surface area contributed by atoms with Crippen molar-refractivity contribution >= 4 is 55.2 Å². The molecule has 4 atom stereocenters. The molecule has 1 saturated heterocycles. The lowest BCUT2D eigenvalue weighted by atomic mass is 9.93. The number of nitrogens with zero attached hydrogens (tertiary/aromatic N) is 2. The highest BCUT2D eigenvalue weighted by molar-refractivity contribution is 6.31. The summed E-state index contributed by atoms with van der Waals surface area (Å²) in [6.07, 6.45) is 0.237. The maximum absolute atomic E-state index is 13.4. The topological polar surface area (TPSA) is 95.5 Å². The highest BCUT2D eigenvalue weighted by atomic mass is 16.6. The van der Waals surface area contributed by atoms with Gasteiger partial charge in [0.15, 0.2) is 5.72 Å². The average molecular weight is 482 g/mol. The fourth-order valence-corrected chi connectivity index (χ4v) is 7.40. The first-order valence-electron chi connectivity index (χ1n) is 12.5. The Morgan fingerprint density at radius 3 is 2.78 bits per heavy atom. The number of benzene rings is 3. The third-order valence-electron chi connectivity index (χ3n) is 8.71. The zero-order valence-electron chi connectivity index (χ0n) is 20.4. The summed E-state index contributed by atoms with van der Waals surface area (Å²) in [4.78, 5) is 13.4. The van der Waals surface area contributed by atoms with Gasteiger partial charge in [-0.25, -0.2) is 0 Å². The molecular formula is C28H27N5O3. The number of aromatic nitrogens is 2. The minimum Gasteiger partial charge on any atom is -0.399 e. The van der Waals surface area contributed by atoms with Gasteiger partial charge in [-0.3, -0.25) is 4.79 Å². The number of para-hydroxylation sites is 1. The van der Waals surface area contributed by atoms with Crippen molar-refractivity contribution in [2.24, 2.45) is 0 Å². The standard InChI is InChI=1S/C28H27N5O3/c1-28-26(35-3)17(30-2)11-20(36-28)32-18-9-8-13(29)10-15(18)22-23-16(12-31-27(23)34)21-14-6-4-5-7-19(14)33(28)25(21)24(22)32/h4-10,17,20,26,30H,11-12,29H2,1-3H3,(H,31,34)/t17-,20?,26-,28+/m1/s1. The monoisotopic (exact) mass is 481 g/mol. The van der Waals surface area contributed by atoms with Crippen LogP contribution in [0.2, 0.25) is 0 Å². The largest absolute Gasteiger partial charge is 0.399 e. The lowest BCUT2D eigenvalue weighted by Gasteiger charge is -2.48. The second-order valence-electron chi connectivity index (χ2n) is 10.4. The number of anilines is 1. The number of rotatable bonds is 2. The van der Waals surface area contributed by atoms with Gasteiger partial charge in [-0.2, -0.15) is 0 Å². The Balaban J connectivity index is 1.72. The molecule has 3 aliphatic rings. The molecule has 3 aromatic carbocycles. The molecule has 0 radical (unpaired) electrons. The van der Waals surface area contributed by atoms with E-state index in [1.165, 1.54) is 0 Å². The van der Waals surface area contributed by atoms with E-state index < -0.39 is 5.72 Å². The number of amides is 1. The predicted octanol–water partition coefficient (Wildman–Crippen LogP) is 3.94. The van der Waals surface area contributed by atoms with Gasteiger partial charge in [-0.15, -0.1) is 0 Å². The summed E-state index contributed by atoms with van der Waals surface area (Å²) in [7, 11) is 3.74. The summed E-state index contributed by atoms with van der Waals surface area (Å²) < 4.78 is 17.9. The maximum Gasteiger partial charge on any atom is 0.252 e. The van der Waals surface area contributed by atoms with Gasteiger partial charge in [-0.05, 0) is 43.8 Å². The quantitative estimate of drug-likeness (QED) is 0.332. The number of hydrogen-bond donors (Lipinski definition) is 3. The van der Waals surface area contributed by atoms with Gasteiger partial charge in [0.2, 0.25) is 0 Å². The van der Waals surface area contributed by atoms with E-state index in [1.807, 2.05) is 19.2 Å². The van der Waals surface area contributed by atoms with Crippen LogP contribution >= 0.6 is 0 Å². The Morgan fingerprint density at radius 2 is 1.97 bits per heavy atom. The molecule has 1 amide bonds. The minimum absolute atomic E-state index is 0.0348. The number of carbonyl (C=O) groups is 1. The fourth-order valence-electron chi connectivity index (χ4n) is 7.40. The van der Waals surface area contributed by atoms with Crippen molar-refractivity contribution in [2.45, 2.75) is 44.0 Å². The Morgan fingerprint density at radius 1 is 1.14 bits per heavy atom. The normalized spacial score (nSPS) is 26.9. The lowest BCUT2D eigenvalue weighted by molar-refractivity contribution is -0.256. The molecule has 8 rings (SSSR count). The smallest absolute Gasteiger partial charge is 0.252 e. The summed E-state index contributed by atoms with van der Waals surface area (Å²) in [5, 5.41) is 10.8. The van der Waals surface area contributed by atoms with Crippen LogP contribution in [0.5, 0.6) is 0 Å². The zero-order valence-corrected chi connectivity index (χ0v) is 20.4. The molecule has 0 aliphatic carbocycles. The van der Waals surface area contributed by atoms with E-state index in [9.17, 15) is 4.79 Å². The first kappa shape index (κ1) is 20.6. The van der Waals surface area contributed by atoms with Gasteiger partial charge < -0.3 is 35.0 Å². The maximum atomic E-state index is 13.4. The van der Waals surface area contributed by atoms with E-state index in [0.29, 0.717) is 12.2 Å². The molecule has 2 bridgehead atoms. The number of carbonyl (C=O) groups excluding carboxylic acids is 1. The highest BCUT2D eigenvalue weighted by Gasteiger charge is 2.53. The zero-order chi connectivity index (χ0) is 24.5. The van der Waals surface area contributed by atoms with E-state index in [1.54, 1.807) is 7.11 Å². The molecule has 8 nitrogen and oxygen atoms in total. The van der Waals surface area contributed by atoms with Gasteiger partial charge in [0.25, 0.3) is 5.91 Å².